The number of fused-ring (bicyclic) bond motifs is 1. The highest BCUT2D eigenvalue weighted by Crippen LogP contribution is 2.20. The van der Waals surface area contributed by atoms with Crippen LogP contribution >= 0.6 is 0 Å². The molecule has 2 N–H and O–H groups in total. The Morgan fingerprint density at radius 3 is 2.56 bits per heavy atom. The van der Waals surface area contributed by atoms with Crippen LogP contribution in [0.2, 0.25) is 0 Å². The van der Waals surface area contributed by atoms with Crippen molar-refractivity contribution in [2.45, 2.75) is 52.6 Å². The molecule has 0 fully saturated rings. The Bertz CT molecular complexity index is 1030. The third kappa shape index (κ3) is 6.70. The number of aromatic nitrogens is 3. The zero-order valence-electron chi connectivity index (χ0n) is 21.2. The molecule has 0 aliphatic carbocycles. The van der Waals surface area contributed by atoms with E-state index in [0.717, 1.165) is 50.8 Å². The van der Waals surface area contributed by atoms with Crippen molar-refractivity contribution in [1.82, 2.24) is 29.7 Å². The minimum Gasteiger partial charge on any atom is -0.360 e. The number of amidine groups is 1. The Kier molecular flexibility index (Phi) is 8.77. The van der Waals surface area contributed by atoms with Gasteiger partial charge in [-0.2, -0.15) is 0 Å². The number of benzene rings is 1. The van der Waals surface area contributed by atoms with Gasteiger partial charge in [-0.3, -0.25) is 9.89 Å². The summed E-state index contributed by atoms with van der Waals surface area (Å²) in [6.07, 6.45) is 8.48. The maximum absolute atomic E-state index is 4.71. The number of imidazole rings is 1. The number of hydrogen-bond donors (Lipinski definition) is 2. The van der Waals surface area contributed by atoms with Crippen LogP contribution in [-0.2, 0) is 19.5 Å². The van der Waals surface area contributed by atoms with E-state index < -0.39 is 0 Å². The second-order valence-electron chi connectivity index (χ2n) is 9.56. The maximum atomic E-state index is 4.71. The van der Waals surface area contributed by atoms with E-state index in [4.69, 9.17) is 4.99 Å². The molecule has 0 bridgehead atoms. The number of nitrogens with zero attached hydrogens (tertiary/aromatic N) is 5. The van der Waals surface area contributed by atoms with Gasteiger partial charge in [0.05, 0.1) is 19.6 Å². The van der Waals surface area contributed by atoms with E-state index >= 15 is 0 Å². The van der Waals surface area contributed by atoms with Crippen molar-refractivity contribution < 1.29 is 0 Å². The lowest BCUT2D eigenvalue weighted by molar-refractivity contribution is 0.271. The van der Waals surface area contributed by atoms with Gasteiger partial charge < -0.3 is 19.8 Å². The molecule has 2 aromatic heterocycles. The van der Waals surface area contributed by atoms with Crippen LogP contribution in [0.3, 0.4) is 0 Å². The number of H-pyrrole nitrogens is 2. The fourth-order valence-corrected chi connectivity index (χ4v) is 4.91. The number of hydrogen-bond acceptors (Lipinski definition) is 5. The molecular formula is C27H41N7. The van der Waals surface area contributed by atoms with Crippen LogP contribution in [-0.4, -0.2) is 81.8 Å². The first-order valence-corrected chi connectivity index (χ1v) is 12.9. The normalized spacial score (nSPS) is 14.1. The number of aliphatic imine (C=N–C) groups is 1. The Hall–Kier alpha value is -2.64. The smallest absolute Gasteiger partial charge is 0.120 e. The highest BCUT2D eigenvalue weighted by Gasteiger charge is 2.18. The van der Waals surface area contributed by atoms with Crippen LogP contribution < -0.4 is 0 Å². The Morgan fingerprint density at radius 1 is 1.00 bits per heavy atom. The zero-order valence-corrected chi connectivity index (χ0v) is 21.2. The summed E-state index contributed by atoms with van der Waals surface area (Å²) in [7, 11) is 2.13. The van der Waals surface area contributed by atoms with Gasteiger partial charge in [0.2, 0.25) is 0 Å². The molecule has 3 heterocycles. The van der Waals surface area contributed by atoms with Gasteiger partial charge in [0.1, 0.15) is 11.7 Å². The van der Waals surface area contributed by atoms with Crippen molar-refractivity contribution in [3.8, 4) is 0 Å². The third-order valence-corrected chi connectivity index (χ3v) is 6.61. The average Bonchev–Trinajstić information content (AvgIpc) is 3.56. The maximum Gasteiger partial charge on any atom is 0.120 e. The van der Waals surface area contributed by atoms with Crippen LogP contribution in [0.5, 0.6) is 0 Å². The summed E-state index contributed by atoms with van der Waals surface area (Å²) in [5.74, 6) is 2.16. The predicted octanol–water partition coefficient (Wildman–Crippen LogP) is 4.29. The summed E-state index contributed by atoms with van der Waals surface area (Å²) >= 11 is 0. The first-order chi connectivity index (χ1) is 16.6. The average molecular weight is 464 g/mol. The van der Waals surface area contributed by atoms with Gasteiger partial charge >= 0.3 is 0 Å². The molecule has 7 nitrogen and oxygen atoms in total. The quantitative estimate of drug-likeness (QED) is 0.374. The molecule has 34 heavy (non-hydrogen) atoms. The van der Waals surface area contributed by atoms with Gasteiger partial charge in [0, 0.05) is 43.7 Å². The monoisotopic (exact) mass is 463 g/mol. The first-order valence-electron chi connectivity index (χ1n) is 12.9. The zero-order chi connectivity index (χ0) is 23.8. The van der Waals surface area contributed by atoms with E-state index in [1.807, 2.05) is 12.4 Å². The van der Waals surface area contributed by atoms with Crippen molar-refractivity contribution in [1.29, 1.82) is 0 Å². The van der Waals surface area contributed by atoms with Gasteiger partial charge in [0.15, 0.2) is 0 Å². The van der Waals surface area contributed by atoms with E-state index in [2.05, 4.69) is 74.8 Å². The fraction of sp³-hybridized carbons (Fsp3) is 0.556. The van der Waals surface area contributed by atoms with Crippen LogP contribution in [0.4, 0.5) is 0 Å². The number of nitrogens with one attached hydrogen (secondary N) is 2. The van der Waals surface area contributed by atoms with Gasteiger partial charge in [-0.25, -0.2) is 4.98 Å². The molecule has 0 amide bonds. The molecule has 0 saturated carbocycles. The summed E-state index contributed by atoms with van der Waals surface area (Å²) in [5.41, 5.74) is 3.90. The number of aryl methyl sites for hydroxylation is 1. The minimum absolute atomic E-state index is 0.780. The lowest BCUT2D eigenvalue weighted by Crippen LogP contribution is -2.36. The van der Waals surface area contributed by atoms with Crippen molar-refractivity contribution in [3.63, 3.8) is 0 Å². The highest BCUT2D eigenvalue weighted by atomic mass is 15.3. The van der Waals surface area contributed by atoms with Crippen molar-refractivity contribution >= 4 is 16.7 Å². The molecule has 0 saturated heterocycles. The van der Waals surface area contributed by atoms with Gasteiger partial charge in [-0.1, -0.05) is 19.9 Å². The van der Waals surface area contributed by atoms with E-state index in [9.17, 15) is 0 Å². The molecule has 3 aromatic rings. The molecule has 184 valence electrons. The molecule has 1 aromatic carbocycles. The fourth-order valence-electron chi connectivity index (χ4n) is 4.91. The van der Waals surface area contributed by atoms with Crippen LogP contribution in [0, 0.1) is 0 Å². The minimum atomic E-state index is 0.780. The molecule has 0 radical (unpaired) electrons. The summed E-state index contributed by atoms with van der Waals surface area (Å²) in [4.78, 5) is 23.3. The Balaban J connectivity index is 1.40. The molecule has 7 heteroatoms. The van der Waals surface area contributed by atoms with Crippen molar-refractivity contribution in [3.05, 3.63) is 53.7 Å². The summed E-state index contributed by atoms with van der Waals surface area (Å²) in [6.45, 7) is 12.5. The summed E-state index contributed by atoms with van der Waals surface area (Å²) in [6, 6.07) is 9.17. The summed E-state index contributed by atoms with van der Waals surface area (Å²) in [5, 5.41) is 1.31. The lowest BCUT2D eigenvalue weighted by atomic mass is 10.1. The SMILES string of the molecule is CCCN(CCC)CCCc1cc2cc(CN(CC3=NCCN3C)Cc3ncc[nH]3)ccc2[nH]1. The van der Waals surface area contributed by atoms with Crippen LogP contribution in [0.15, 0.2) is 41.7 Å². The van der Waals surface area contributed by atoms with Gasteiger partial charge in [-0.15, -0.1) is 0 Å². The third-order valence-electron chi connectivity index (χ3n) is 6.61. The predicted molar refractivity (Wildman–Crippen MR) is 141 cm³/mol. The van der Waals surface area contributed by atoms with Gasteiger partial charge in [0.25, 0.3) is 0 Å². The number of likely N-dealkylation sites (N-methyl/N-ethyl adjacent to an activating group) is 1. The van der Waals surface area contributed by atoms with E-state index in [1.165, 1.54) is 61.1 Å². The Morgan fingerprint density at radius 2 is 1.85 bits per heavy atom. The standard InChI is InChI=1S/C27H41N7/c1-4-13-33(14-5-2)15-6-7-24-18-23-17-22(8-9-25(23)31-24)19-34(20-26-28-10-11-29-26)21-27-30-12-16-32(27)3/h8-11,17-18,31H,4-7,12-16,19-21H2,1-3H3,(H,28,29). The molecule has 1 aliphatic rings. The topological polar surface area (TPSA) is 66.5 Å². The molecule has 4 rings (SSSR count). The van der Waals surface area contributed by atoms with Crippen LogP contribution in [0.1, 0.15) is 50.2 Å². The first kappa shape index (κ1) is 24.5. The Labute approximate surface area is 204 Å². The molecule has 0 atom stereocenters. The summed E-state index contributed by atoms with van der Waals surface area (Å²) < 4.78 is 0. The van der Waals surface area contributed by atoms with Gasteiger partial charge in [-0.05, 0) is 74.5 Å². The molecular weight excluding hydrogens is 422 g/mol. The van der Waals surface area contributed by atoms with E-state index in [1.54, 1.807) is 0 Å². The second-order valence-corrected chi connectivity index (χ2v) is 9.56. The highest BCUT2D eigenvalue weighted by molar-refractivity contribution is 5.85. The van der Waals surface area contributed by atoms with Crippen molar-refractivity contribution in [2.24, 2.45) is 4.99 Å². The van der Waals surface area contributed by atoms with Crippen LogP contribution in [0.25, 0.3) is 10.9 Å². The number of rotatable bonds is 14. The van der Waals surface area contributed by atoms with E-state index in [0.29, 0.717) is 0 Å². The van der Waals surface area contributed by atoms with E-state index in [-0.39, 0.29) is 0 Å². The van der Waals surface area contributed by atoms with Crippen molar-refractivity contribution in [2.75, 3.05) is 46.3 Å². The molecule has 0 unspecified atom stereocenters. The largest absolute Gasteiger partial charge is 0.360 e. The lowest BCUT2D eigenvalue weighted by Gasteiger charge is -2.24. The number of aromatic amines is 2. The molecule has 1 aliphatic heterocycles. The molecule has 0 spiro atoms. The second kappa shape index (κ2) is 12.2.